The van der Waals surface area contributed by atoms with Crippen molar-refractivity contribution in [2.24, 2.45) is 0 Å². The van der Waals surface area contributed by atoms with Crippen LogP contribution in [0.3, 0.4) is 0 Å². The Morgan fingerprint density at radius 2 is 1.81 bits per heavy atom. The van der Waals surface area contributed by atoms with E-state index in [-0.39, 0.29) is 18.4 Å². The van der Waals surface area contributed by atoms with Crippen molar-refractivity contribution in [2.45, 2.75) is 0 Å². The third-order valence-corrected chi connectivity index (χ3v) is 4.14. The zero-order valence-corrected chi connectivity index (χ0v) is 13.9. The molecule has 1 aliphatic heterocycles. The highest BCUT2D eigenvalue weighted by Gasteiger charge is 2.21. The minimum atomic E-state index is -0.319. The summed E-state index contributed by atoms with van der Waals surface area (Å²) in [6.45, 7) is 6.36. The molecular weight excluding hydrogens is 381 g/mol. The first-order valence-corrected chi connectivity index (χ1v) is 7.86. The van der Waals surface area contributed by atoms with E-state index < -0.39 is 0 Å². The molecule has 2 rings (SSSR count). The van der Waals surface area contributed by atoms with Crippen LogP contribution in [0.25, 0.3) is 0 Å². The Balaban J connectivity index is 1.82. The number of anilines is 1. The fourth-order valence-corrected chi connectivity index (χ4v) is 2.57. The maximum atomic E-state index is 12.0. The van der Waals surface area contributed by atoms with Crippen molar-refractivity contribution < 1.29 is 9.59 Å². The van der Waals surface area contributed by atoms with Crippen molar-refractivity contribution in [3.8, 4) is 0 Å². The lowest BCUT2D eigenvalue weighted by molar-refractivity contribution is -0.132. The molecule has 0 bridgehead atoms. The number of carbonyl (C=O) groups is 2. The Kier molecular flexibility index (Phi) is 5.60. The fraction of sp³-hybridized carbons (Fsp3) is 0.333. The molecule has 0 unspecified atom stereocenters. The number of nitrogens with zero attached hydrogens (tertiary/aromatic N) is 2. The average Bonchev–Trinajstić information content (AvgIpc) is 2.53. The summed E-state index contributed by atoms with van der Waals surface area (Å²) < 4.78 is 1.21. The smallest absolute Gasteiger partial charge is 0.243 e. The molecule has 6 heteroatoms. The normalized spacial score (nSPS) is 14.7. The minimum absolute atomic E-state index is 0.0361. The summed E-state index contributed by atoms with van der Waals surface area (Å²) in [5.74, 6) is -0.367. The highest BCUT2D eigenvalue weighted by Crippen LogP contribution is 2.18. The predicted molar refractivity (Wildman–Crippen MR) is 91.2 cm³/mol. The van der Waals surface area contributed by atoms with Crippen LogP contribution in [0.5, 0.6) is 0 Å². The first-order chi connectivity index (χ1) is 10.1. The van der Waals surface area contributed by atoms with Crippen molar-refractivity contribution in [1.29, 1.82) is 0 Å². The number of piperazine rings is 1. The SMILES string of the molecule is C=CC(=O)NCC(=O)N1CCN(c2ccc(I)cc2)CC1. The fourth-order valence-electron chi connectivity index (χ4n) is 2.21. The number of carbonyl (C=O) groups excluding carboxylic acids is 2. The van der Waals surface area contributed by atoms with Gasteiger partial charge in [-0.05, 0) is 52.9 Å². The Morgan fingerprint density at radius 1 is 1.19 bits per heavy atom. The summed E-state index contributed by atoms with van der Waals surface area (Å²) in [6, 6.07) is 8.36. The summed E-state index contributed by atoms with van der Waals surface area (Å²) in [5, 5.41) is 2.52. The van der Waals surface area contributed by atoms with Crippen molar-refractivity contribution in [1.82, 2.24) is 10.2 Å². The lowest BCUT2D eigenvalue weighted by atomic mass is 10.2. The molecule has 0 saturated carbocycles. The van der Waals surface area contributed by atoms with Gasteiger partial charge in [-0.2, -0.15) is 0 Å². The van der Waals surface area contributed by atoms with Gasteiger partial charge in [0.25, 0.3) is 0 Å². The molecule has 0 atom stereocenters. The van der Waals surface area contributed by atoms with E-state index in [0.717, 1.165) is 13.1 Å². The summed E-state index contributed by atoms with van der Waals surface area (Å²) in [4.78, 5) is 27.1. The highest BCUT2D eigenvalue weighted by atomic mass is 127. The van der Waals surface area contributed by atoms with E-state index in [1.54, 1.807) is 4.90 Å². The largest absolute Gasteiger partial charge is 0.368 e. The molecule has 0 radical (unpaired) electrons. The van der Waals surface area contributed by atoms with E-state index in [1.807, 2.05) is 0 Å². The second-order valence-corrected chi connectivity index (χ2v) is 6.01. The molecule has 1 aliphatic rings. The Morgan fingerprint density at radius 3 is 2.38 bits per heavy atom. The molecule has 1 saturated heterocycles. The van der Waals surface area contributed by atoms with E-state index in [1.165, 1.54) is 15.3 Å². The zero-order valence-electron chi connectivity index (χ0n) is 11.7. The third-order valence-electron chi connectivity index (χ3n) is 3.42. The molecule has 1 heterocycles. The van der Waals surface area contributed by atoms with Crippen LogP contribution in [0, 0.1) is 3.57 Å². The van der Waals surface area contributed by atoms with E-state index in [0.29, 0.717) is 13.1 Å². The number of benzene rings is 1. The number of nitrogens with one attached hydrogen (secondary N) is 1. The molecule has 5 nitrogen and oxygen atoms in total. The summed E-state index contributed by atoms with van der Waals surface area (Å²) >= 11 is 2.28. The van der Waals surface area contributed by atoms with Gasteiger partial charge in [0.15, 0.2) is 0 Å². The standard InChI is InChI=1S/C15H18IN3O2/c1-2-14(20)17-11-15(21)19-9-7-18(8-10-19)13-5-3-12(16)4-6-13/h2-6H,1,7-11H2,(H,17,20). The molecule has 21 heavy (non-hydrogen) atoms. The summed E-state index contributed by atoms with van der Waals surface area (Å²) in [6.07, 6.45) is 1.17. The minimum Gasteiger partial charge on any atom is -0.368 e. The van der Waals surface area contributed by atoms with Crippen LogP contribution >= 0.6 is 22.6 Å². The topological polar surface area (TPSA) is 52.7 Å². The van der Waals surface area contributed by atoms with Crippen LogP contribution in [-0.2, 0) is 9.59 Å². The van der Waals surface area contributed by atoms with Gasteiger partial charge in [0.1, 0.15) is 0 Å². The van der Waals surface area contributed by atoms with Crippen LogP contribution in [0.1, 0.15) is 0 Å². The van der Waals surface area contributed by atoms with Crippen LogP contribution in [-0.4, -0.2) is 49.4 Å². The molecule has 0 aromatic heterocycles. The van der Waals surface area contributed by atoms with Gasteiger partial charge >= 0.3 is 0 Å². The quantitative estimate of drug-likeness (QED) is 0.613. The number of amides is 2. The average molecular weight is 399 g/mol. The zero-order chi connectivity index (χ0) is 15.2. The van der Waals surface area contributed by atoms with Crippen LogP contribution in [0.4, 0.5) is 5.69 Å². The predicted octanol–water partition coefficient (Wildman–Crippen LogP) is 1.24. The number of hydrogen-bond acceptors (Lipinski definition) is 3. The summed E-state index contributed by atoms with van der Waals surface area (Å²) in [5.41, 5.74) is 1.18. The Labute approximate surface area is 138 Å². The van der Waals surface area contributed by atoms with Gasteiger partial charge in [-0.25, -0.2) is 0 Å². The summed E-state index contributed by atoms with van der Waals surface area (Å²) in [7, 11) is 0. The Hall–Kier alpha value is -1.57. The second kappa shape index (κ2) is 7.44. The first-order valence-electron chi connectivity index (χ1n) is 6.78. The molecule has 1 N–H and O–H groups in total. The van der Waals surface area contributed by atoms with Crippen molar-refractivity contribution in [2.75, 3.05) is 37.6 Å². The molecule has 112 valence electrons. The van der Waals surface area contributed by atoms with E-state index in [9.17, 15) is 9.59 Å². The molecule has 2 amide bonds. The molecular formula is C15H18IN3O2. The van der Waals surface area contributed by atoms with E-state index in [4.69, 9.17) is 0 Å². The molecule has 1 aromatic carbocycles. The van der Waals surface area contributed by atoms with Gasteiger partial charge in [0.05, 0.1) is 6.54 Å². The molecule has 0 spiro atoms. The number of rotatable bonds is 4. The monoisotopic (exact) mass is 399 g/mol. The van der Waals surface area contributed by atoms with Crippen molar-refractivity contribution in [3.63, 3.8) is 0 Å². The van der Waals surface area contributed by atoms with Gasteiger partial charge in [-0.3, -0.25) is 9.59 Å². The molecule has 1 aromatic rings. The van der Waals surface area contributed by atoms with E-state index >= 15 is 0 Å². The van der Waals surface area contributed by atoms with Gasteiger partial charge in [-0.15, -0.1) is 0 Å². The van der Waals surface area contributed by atoms with Crippen LogP contribution in [0.2, 0.25) is 0 Å². The maximum absolute atomic E-state index is 12.0. The van der Waals surface area contributed by atoms with Crippen LogP contribution in [0.15, 0.2) is 36.9 Å². The highest BCUT2D eigenvalue weighted by molar-refractivity contribution is 14.1. The van der Waals surface area contributed by atoms with Gasteiger partial charge in [-0.1, -0.05) is 6.58 Å². The second-order valence-electron chi connectivity index (χ2n) is 4.77. The van der Waals surface area contributed by atoms with E-state index in [2.05, 4.69) is 63.7 Å². The van der Waals surface area contributed by atoms with Gasteiger partial charge in [0, 0.05) is 35.4 Å². The third kappa shape index (κ3) is 4.45. The first kappa shape index (κ1) is 15.8. The lowest BCUT2D eigenvalue weighted by Gasteiger charge is -2.36. The Bertz CT molecular complexity index is 522. The van der Waals surface area contributed by atoms with Gasteiger partial charge < -0.3 is 15.1 Å². The number of halogens is 1. The van der Waals surface area contributed by atoms with Crippen LogP contribution < -0.4 is 10.2 Å². The number of hydrogen-bond donors (Lipinski definition) is 1. The van der Waals surface area contributed by atoms with Crippen molar-refractivity contribution in [3.05, 3.63) is 40.5 Å². The lowest BCUT2D eigenvalue weighted by Crippen LogP contribution is -2.51. The van der Waals surface area contributed by atoms with Gasteiger partial charge in [0.2, 0.25) is 11.8 Å². The molecule has 0 aliphatic carbocycles. The maximum Gasteiger partial charge on any atom is 0.243 e. The van der Waals surface area contributed by atoms with Crippen molar-refractivity contribution >= 4 is 40.1 Å². The molecule has 1 fully saturated rings.